The Kier molecular flexibility index (Phi) is 6.23. The Labute approximate surface area is 181 Å². The van der Waals surface area contributed by atoms with Gasteiger partial charge in [0.1, 0.15) is 0 Å². The Bertz CT molecular complexity index is 932. The molecule has 0 unspecified atom stereocenters. The van der Waals surface area contributed by atoms with Crippen LogP contribution in [0.1, 0.15) is 48.1 Å². The molecule has 1 saturated heterocycles. The summed E-state index contributed by atoms with van der Waals surface area (Å²) < 4.78 is 22.5. The number of likely N-dealkylation sites (tertiary alicyclic amines) is 1. The van der Waals surface area contributed by atoms with Crippen LogP contribution in [0.25, 0.3) is 0 Å². The molecule has 0 radical (unpaired) electrons. The van der Waals surface area contributed by atoms with Gasteiger partial charge >= 0.3 is 0 Å². The number of hydrogen-bond acceptors (Lipinski definition) is 5. The zero-order valence-corrected chi connectivity index (χ0v) is 18.0. The molecule has 160 valence electrons. The highest BCUT2D eigenvalue weighted by Crippen LogP contribution is 2.40. The lowest BCUT2D eigenvalue weighted by molar-refractivity contribution is 0.0735. The van der Waals surface area contributed by atoms with Gasteiger partial charge in [0.05, 0.1) is 38.0 Å². The van der Waals surface area contributed by atoms with Crippen molar-refractivity contribution in [3.63, 3.8) is 0 Å². The summed E-state index contributed by atoms with van der Waals surface area (Å²) in [5.41, 5.74) is 1.54. The number of rotatable bonds is 5. The maximum absolute atomic E-state index is 13.4. The zero-order valence-electron chi connectivity index (χ0n) is 17.3. The van der Waals surface area contributed by atoms with Gasteiger partial charge in [-0.1, -0.05) is 17.7 Å². The highest BCUT2D eigenvalue weighted by molar-refractivity contribution is 6.32. The fraction of sp³-hybridized carbons (Fsp3) is 0.435. The second-order valence-corrected chi connectivity index (χ2v) is 7.74. The first-order chi connectivity index (χ1) is 14.6. The lowest BCUT2D eigenvalue weighted by Crippen LogP contribution is -2.30. The van der Waals surface area contributed by atoms with Gasteiger partial charge in [0.2, 0.25) is 0 Å². The van der Waals surface area contributed by atoms with E-state index in [9.17, 15) is 4.79 Å². The number of methoxy groups -OCH3 is 1. The van der Waals surface area contributed by atoms with E-state index in [-0.39, 0.29) is 11.9 Å². The molecule has 4 rings (SSSR count). The van der Waals surface area contributed by atoms with Crippen molar-refractivity contribution in [3.05, 3.63) is 46.5 Å². The first-order valence-corrected chi connectivity index (χ1v) is 10.7. The van der Waals surface area contributed by atoms with E-state index in [2.05, 4.69) is 0 Å². The molecule has 0 bridgehead atoms. The Morgan fingerprint density at radius 3 is 2.73 bits per heavy atom. The van der Waals surface area contributed by atoms with Crippen molar-refractivity contribution in [2.75, 3.05) is 33.5 Å². The quantitative estimate of drug-likeness (QED) is 0.674. The van der Waals surface area contributed by atoms with Gasteiger partial charge in [0.15, 0.2) is 23.0 Å². The van der Waals surface area contributed by atoms with Crippen molar-refractivity contribution in [1.29, 1.82) is 0 Å². The highest BCUT2D eigenvalue weighted by atomic mass is 35.5. The maximum Gasteiger partial charge on any atom is 0.254 e. The van der Waals surface area contributed by atoms with Gasteiger partial charge < -0.3 is 23.8 Å². The molecule has 7 heteroatoms. The van der Waals surface area contributed by atoms with E-state index in [1.54, 1.807) is 19.2 Å². The number of carbonyl (C=O) groups is 1. The van der Waals surface area contributed by atoms with E-state index in [4.69, 9.17) is 30.5 Å². The lowest BCUT2D eigenvalue weighted by Gasteiger charge is -2.26. The van der Waals surface area contributed by atoms with Gasteiger partial charge in [-0.3, -0.25) is 4.79 Å². The molecule has 0 spiro atoms. The standard InChI is InChI=1S/C23H26ClNO5/c1-3-28-22-17(24)12-16(14-21(22)27-2)23(26)25-9-4-6-18(25)15-7-8-19-20(13-15)30-11-5-10-29-19/h7-8,12-14,18H,3-6,9-11H2,1-2H3/t18-/m0/s1. The predicted octanol–water partition coefficient (Wildman–Crippen LogP) is 4.89. The molecule has 1 fully saturated rings. The van der Waals surface area contributed by atoms with Crippen LogP contribution in [0, 0.1) is 0 Å². The van der Waals surface area contributed by atoms with E-state index in [0.29, 0.717) is 48.5 Å². The first kappa shape index (κ1) is 20.7. The smallest absolute Gasteiger partial charge is 0.254 e. The summed E-state index contributed by atoms with van der Waals surface area (Å²) >= 11 is 6.38. The van der Waals surface area contributed by atoms with Crippen molar-refractivity contribution in [2.45, 2.75) is 32.2 Å². The average molecular weight is 432 g/mol. The van der Waals surface area contributed by atoms with Crippen LogP contribution in [0.3, 0.4) is 0 Å². The van der Waals surface area contributed by atoms with Crippen LogP contribution in [0.15, 0.2) is 30.3 Å². The second kappa shape index (κ2) is 9.04. The Morgan fingerprint density at radius 1 is 1.17 bits per heavy atom. The van der Waals surface area contributed by atoms with Crippen LogP contribution in [0.5, 0.6) is 23.0 Å². The molecule has 1 atom stereocenters. The summed E-state index contributed by atoms with van der Waals surface area (Å²) in [5, 5.41) is 0.367. The highest BCUT2D eigenvalue weighted by Gasteiger charge is 2.32. The van der Waals surface area contributed by atoms with Crippen LogP contribution in [0.2, 0.25) is 5.02 Å². The normalized spacial score (nSPS) is 18.1. The van der Waals surface area contributed by atoms with Crippen molar-refractivity contribution in [2.24, 2.45) is 0 Å². The van der Waals surface area contributed by atoms with Crippen LogP contribution >= 0.6 is 11.6 Å². The third-order valence-corrected chi connectivity index (χ3v) is 5.72. The number of fused-ring (bicyclic) bond motifs is 1. The molecule has 0 aromatic heterocycles. The van der Waals surface area contributed by atoms with Crippen LogP contribution < -0.4 is 18.9 Å². The van der Waals surface area contributed by atoms with Crippen LogP contribution in [0.4, 0.5) is 0 Å². The minimum absolute atomic E-state index is 0.0222. The first-order valence-electron chi connectivity index (χ1n) is 10.3. The number of amides is 1. The number of halogens is 1. The van der Waals surface area contributed by atoms with E-state index in [0.717, 1.165) is 36.3 Å². The van der Waals surface area contributed by atoms with Crippen LogP contribution in [-0.2, 0) is 0 Å². The van der Waals surface area contributed by atoms with Gasteiger partial charge in [0, 0.05) is 18.5 Å². The number of hydrogen-bond donors (Lipinski definition) is 0. The van der Waals surface area contributed by atoms with Crippen molar-refractivity contribution < 1.29 is 23.7 Å². The van der Waals surface area contributed by atoms with Crippen LogP contribution in [-0.4, -0.2) is 44.3 Å². The van der Waals surface area contributed by atoms with E-state index < -0.39 is 0 Å². The fourth-order valence-corrected chi connectivity index (χ4v) is 4.30. The summed E-state index contributed by atoms with van der Waals surface area (Å²) in [6.45, 7) is 4.31. The second-order valence-electron chi connectivity index (χ2n) is 7.34. The minimum atomic E-state index is -0.0761. The van der Waals surface area contributed by atoms with Gasteiger partial charge in [0.25, 0.3) is 5.91 Å². The molecule has 6 nitrogen and oxygen atoms in total. The molecular weight excluding hydrogens is 406 g/mol. The summed E-state index contributed by atoms with van der Waals surface area (Å²) in [4.78, 5) is 15.3. The molecule has 2 aromatic rings. The fourth-order valence-electron chi connectivity index (χ4n) is 4.04. The SMILES string of the molecule is CCOc1c(Cl)cc(C(=O)N2CCC[C@H]2c2ccc3c(c2)OCCCO3)cc1OC. The van der Waals surface area contributed by atoms with Gasteiger partial charge in [-0.15, -0.1) is 0 Å². The van der Waals surface area contributed by atoms with E-state index >= 15 is 0 Å². The Balaban J connectivity index is 1.62. The molecule has 0 N–H and O–H groups in total. The largest absolute Gasteiger partial charge is 0.493 e. The van der Waals surface area contributed by atoms with Crippen molar-refractivity contribution in [3.8, 4) is 23.0 Å². The Morgan fingerprint density at radius 2 is 1.97 bits per heavy atom. The number of carbonyl (C=O) groups excluding carboxylic acids is 1. The van der Waals surface area contributed by atoms with Crippen molar-refractivity contribution >= 4 is 17.5 Å². The molecule has 1 amide bonds. The number of benzene rings is 2. The molecule has 2 aliphatic heterocycles. The van der Waals surface area contributed by atoms with Gasteiger partial charge in [-0.2, -0.15) is 0 Å². The monoisotopic (exact) mass is 431 g/mol. The predicted molar refractivity (Wildman–Crippen MR) is 114 cm³/mol. The summed E-state index contributed by atoms with van der Waals surface area (Å²) in [5.74, 6) is 2.34. The zero-order chi connectivity index (χ0) is 21.1. The van der Waals surface area contributed by atoms with E-state index in [1.807, 2.05) is 30.0 Å². The molecule has 2 aliphatic rings. The molecule has 0 aliphatic carbocycles. The third-order valence-electron chi connectivity index (χ3n) is 5.44. The maximum atomic E-state index is 13.4. The lowest BCUT2D eigenvalue weighted by atomic mass is 10.0. The average Bonchev–Trinajstić information content (AvgIpc) is 3.13. The molecule has 0 saturated carbocycles. The molecular formula is C23H26ClNO5. The minimum Gasteiger partial charge on any atom is -0.493 e. The molecule has 30 heavy (non-hydrogen) atoms. The molecule has 2 aromatic carbocycles. The van der Waals surface area contributed by atoms with Crippen molar-refractivity contribution in [1.82, 2.24) is 4.90 Å². The topological polar surface area (TPSA) is 57.2 Å². The summed E-state index contributed by atoms with van der Waals surface area (Å²) in [6.07, 6.45) is 2.69. The number of ether oxygens (including phenoxy) is 4. The van der Waals surface area contributed by atoms with E-state index in [1.165, 1.54) is 0 Å². The van der Waals surface area contributed by atoms with Gasteiger partial charge in [-0.05, 0) is 49.6 Å². The van der Waals surface area contributed by atoms with Gasteiger partial charge in [-0.25, -0.2) is 0 Å². The molecule has 2 heterocycles. The third kappa shape index (κ3) is 4.01. The summed E-state index contributed by atoms with van der Waals surface area (Å²) in [6, 6.07) is 9.29. The number of nitrogens with zero attached hydrogens (tertiary/aromatic N) is 1. The summed E-state index contributed by atoms with van der Waals surface area (Å²) in [7, 11) is 1.54. The Hall–Kier alpha value is -2.60.